The van der Waals surface area contributed by atoms with E-state index in [0.717, 1.165) is 6.54 Å². The largest absolute Gasteiger partial charge is 0.480 e. The van der Waals surface area contributed by atoms with Crippen molar-refractivity contribution in [1.29, 1.82) is 0 Å². The molecule has 1 aromatic rings. The Balaban J connectivity index is 2.30. The van der Waals surface area contributed by atoms with E-state index in [2.05, 4.69) is 31.2 Å². The minimum atomic E-state index is -0.440. The highest BCUT2D eigenvalue weighted by molar-refractivity contribution is 9.10. The van der Waals surface area contributed by atoms with Crippen LogP contribution in [0.1, 0.15) is 0 Å². The lowest BCUT2D eigenvalue weighted by Crippen LogP contribution is -2.57. The molecule has 2 heterocycles. The van der Waals surface area contributed by atoms with Gasteiger partial charge in [0, 0.05) is 19.6 Å². The predicted octanol–water partition coefficient (Wildman–Crippen LogP) is -0.489. The number of halogens is 1. The number of nitrogens with zero attached hydrogens (tertiary/aromatic N) is 3. The standard InChI is InChI=1S/C10H14BrN5O2/c1-18-9-6(11)4-14-10(15-9)16-3-2-13-5-7(16)8(12)17/h4,7,13H,2-3,5H2,1H3,(H2,12,17). The van der Waals surface area contributed by atoms with Gasteiger partial charge in [-0.1, -0.05) is 0 Å². The van der Waals surface area contributed by atoms with Crippen molar-refractivity contribution < 1.29 is 9.53 Å². The molecule has 0 saturated carbocycles. The SMILES string of the molecule is COc1nc(N2CCNCC2C(N)=O)ncc1Br. The fraction of sp³-hybridized carbons (Fsp3) is 0.500. The van der Waals surface area contributed by atoms with E-state index in [-0.39, 0.29) is 0 Å². The van der Waals surface area contributed by atoms with Crippen molar-refractivity contribution in [2.24, 2.45) is 5.73 Å². The molecule has 2 rings (SSSR count). The van der Waals surface area contributed by atoms with Crippen molar-refractivity contribution in [2.75, 3.05) is 31.6 Å². The second-order valence-electron chi connectivity index (χ2n) is 3.84. The molecule has 18 heavy (non-hydrogen) atoms. The van der Waals surface area contributed by atoms with E-state index in [4.69, 9.17) is 10.5 Å². The molecule has 98 valence electrons. The van der Waals surface area contributed by atoms with Crippen LogP contribution in [0.2, 0.25) is 0 Å². The smallest absolute Gasteiger partial charge is 0.241 e. The van der Waals surface area contributed by atoms with Gasteiger partial charge in [0.25, 0.3) is 0 Å². The summed E-state index contributed by atoms with van der Waals surface area (Å²) in [6.45, 7) is 1.88. The average Bonchev–Trinajstić information content (AvgIpc) is 2.39. The number of ether oxygens (including phenoxy) is 1. The van der Waals surface area contributed by atoms with Crippen LogP contribution in [0.25, 0.3) is 0 Å². The number of nitrogens with one attached hydrogen (secondary N) is 1. The van der Waals surface area contributed by atoms with Crippen LogP contribution in [0.3, 0.4) is 0 Å². The highest BCUT2D eigenvalue weighted by Gasteiger charge is 2.29. The summed E-state index contributed by atoms with van der Waals surface area (Å²) in [7, 11) is 1.53. The zero-order chi connectivity index (χ0) is 13.1. The summed E-state index contributed by atoms with van der Waals surface area (Å²) in [6.07, 6.45) is 1.60. The number of rotatable bonds is 3. The molecule has 1 fully saturated rings. The van der Waals surface area contributed by atoms with Gasteiger partial charge in [-0.25, -0.2) is 4.98 Å². The Hall–Kier alpha value is -1.41. The third-order valence-electron chi connectivity index (χ3n) is 2.72. The average molecular weight is 316 g/mol. The summed E-state index contributed by atoms with van der Waals surface area (Å²) >= 11 is 3.29. The third-order valence-corrected chi connectivity index (χ3v) is 3.27. The number of aromatic nitrogens is 2. The Kier molecular flexibility index (Phi) is 3.97. The first-order valence-electron chi connectivity index (χ1n) is 5.46. The predicted molar refractivity (Wildman–Crippen MR) is 69.5 cm³/mol. The zero-order valence-electron chi connectivity index (χ0n) is 9.89. The van der Waals surface area contributed by atoms with Gasteiger partial charge in [-0.2, -0.15) is 4.98 Å². The molecule has 8 heteroatoms. The topological polar surface area (TPSA) is 93.4 Å². The number of methoxy groups -OCH3 is 1. The normalized spacial score (nSPS) is 19.7. The fourth-order valence-electron chi connectivity index (χ4n) is 1.82. The molecule has 3 N–H and O–H groups in total. The Morgan fingerprint density at radius 1 is 1.72 bits per heavy atom. The summed E-state index contributed by atoms with van der Waals surface area (Å²) in [6, 6.07) is -0.440. The maximum atomic E-state index is 11.4. The summed E-state index contributed by atoms with van der Waals surface area (Å²) in [4.78, 5) is 21.6. The van der Waals surface area contributed by atoms with Crippen LogP contribution in [0.4, 0.5) is 5.95 Å². The minimum Gasteiger partial charge on any atom is -0.480 e. The number of piperazine rings is 1. The van der Waals surface area contributed by atoms with Crippen LogP contribution in [0.5, 0.6) is 5.88 Å². The van der Waals surface area contributed by atoms with Crippen LogP contribution >= 0.6 is 15.9 Å². The number of anilines is 1. The Bertz CT molecular complexity index is 456. The lowest BCUT2D eigenvalue weighted by Gasteiger charge is -2.34. The molecule has 1 atom stereocenters. The number of carbonyl (C=O) groups excluding carboxylic acids is 1. The van der Waals surface area contributed by atoms with Crippen LogP contribution in [0.15, 0.2) is 10.7 Å². The van der Waals surface area contributed by atoms with E-state index in [1.807, 2.05) is 0 Å². The highest BCUT2D eigenvalue weighted by atomic mass is 79.9. The molecule has 7 nitrogen and oxygen atoms in total. The summed E-state index contributed by atoms with van der Waals surface area (Å²) in [5, 5.41) is 3.12. The van der Waals surface area contributed by atoms with Crippen molar-refractivity contribution in [1.82, 2.24) is 15.3 Å². The molecular formula is C10H14BrN5O2. The lowest BCUT2D eigenvalue weighted by atomic mass is 10.2. The summed E-state index contributed by atoms with van der Waals surface area (Å²) in [5.74, 6) is 0.481. The first kappa shape index (κ1) is 13.0. The number of primary amides is 1. The second kappa shape index (κ2) is 5.49. The first-order valence-corrected chi connectivity index (χ1v) is 6.26. The third kappa shape index (κ3) is 2.54. The highest BCUT2D eigenvalue weighted by Crippen LogP contribution is 2.24. The van der Waals surface area contributed by atoms with E-state index in [1.54, 1.807) is 11.1 Å². The number of nitrogens with two attached hydrogens (primary N) is 1. The molecule has 0 aromatic carbocycles. The van der Waals surface area contributed by atoms with Crippen LogP contribution < -0.4 is 20.7 Å². The van der Waals surface area contributed by atoms with Crippen molar-refractivity contribution in [3.05, 3.63) is 10.7 Å². The Morgan fingerprint density at radius 3 is 3.17 bits per heavy atom. The van der Waals surface area contributed by atoms with Crippen LogP contribution in [0, 0.1) is 0 Å². The van der Waals surface area contributed by atoms with Gasteiger partial charge in [-0.05, 0) is 15.9 Å². The second-order valence-corrected chi connectivity index (χ2v) is 4.70. The van der Waals surface area contributed by atoms with Gasteiger partial charge in [0.05, 0.1) is 17.8 Å². The lowest BCUT2D eigenvalue weighted by molar-refractivity contribution is -0.119. The molecule has 0 radical (unpaired) electrons. The molecule has 1 saturated heterocycles. The van der Waals surface area contributed by atoms with Gasteiger partial charge in [-0.3, -0.25) is 4.79 Å². The molecule has 1 amide bonds. The molecule has 0 aliphatic carbocycles. The van der Waals surface area contributed by atoms with Gasteiger partial charge in [-0.15, -0.1) is 0 Å². The van der Waals surface area contributed by atoms with E-state index in [9.17, 15) is 4.79 Å². The monoisotopic (exact) mass is 315 g/mol. The molecule has 0 bridgehead atoms. The zero-order valence-corrected chi connectivity index (χ0v) is 11.5. The Morgan fingerprint density at radius 2 is 2.50 bits per heavy atom. The van der Waals surface area contributed by atoms with Crippen molar-refractivity contribution in [2.45, 2.75) is 6.04 Å². The fourth-order valence-corrected chi connectivity index (χ4v) is 2.18. The molecule has 0 spiro atoms. The van der Waals surface area contributed by atoms with Gasteiger partial charge in [0.2, 0.25) is 17.7 Å². The van der Waals surface area contributed by atoms with Crippen molar-refractivity contribution >= 4 is 27.8 Å². The quantitative estimate of drug-likeness (QED) is 0.782. The maximum Gasteiger partial charge on any atom is 0.241 e. The van der Waals surface area contributed by atoms with Crippen molar-refractivity contribution in [3.63, 3.8) is 0 Å². The van der Waals surface area contributed by atoms with E-state index >= 15 is 0 Å². The molecule has 1 unspecified atom stereocenters. The van der Waals surface area contributed by atoms with E-state index in [0.29, 0.717) is 29.4 Å². The summed E-state index contributed by atoms with van der Waals surface area (Å²) < 4.78 is 5.78. The first-order chi connectivity index (χ1) is 8.63. The molecule has 1 aliphatic heterocycles. The van der Waals surface area contributed by atoms with E-state index < -0.39 is 11.9 Å². The van der Waals surface area contributed by atoms with Gasteiger partial charge < -0.3 is 20.7 Å². The van der Waals surface area contributed by atoms with Crippen molar-refractivity contribution in [3.8, 4) is 5.88 Å². The van der Waals surface area contributed by atoms with Crippen LogP contribution in [-0.4, -0.2) is 48.7 Å². The number of hydrogen-bond donors (Lipinski definition) is 2. The Labute approximate surface area is 113 Å². The van der Waals surface area contributed by atoms with Crippen LogP contribution in [-0.2, 0) is 4.79 Å². The molecular weight excluding hydrogens is 302 g/mol. The number of carbonyl (C=O) groups is 1. The van der Waals surface area contributed by atoms with Gasteiger partial charge in [0.1, 0.15) is 6.04 Å². The maximum absolute atomic E-state index is 11.4. The van der Waals surface area contributed by atoms with Gasteiger partial charge >= 0.3 is 0 Å². The minimum absolute atomic E-state index is 0.396. The molecule has 1 aliphatic rings. The number of amides is 1. The van der Waals surface area contributed by atoms with Gasteiger partial charge in [0.15, 0.2) is 0 Å². The summed E-state index contributed by atoms with van der Waals surface area (Å²) in [5.41, 5.74) is 5.38. The number of hydrogen-bond acceptors (Lipinski definition) is 6. The van der Waals surface area contributed by atoms with E-state index in [1.165, 1.54) is 7.11 Å². The molecule has 1 aromatic heterocycles.